The van der Waals surface area contributed by atoms with Gasteiger partial charge in [-0.3, -0.25) is 0 Å². The average molecular weight is 278 g/mol. The van der Waals surface area contributed by atoms with E-state index in [2.05, 4.69) is 10.1 Å². The van der Waals surface area contributed by atoms with Crippen molar-refractivity contribution >= 4 is 18.5 Å². The minimum atomic E-state index is -3.09. The fourth-order valence-electron chi connectivity index (χ4n) is 2.08. The van der Waals surface area contributed by atoms with Crippen molar-refractivity contribution in [2.75, 3.05) is 6.61 Å². The second kappa shape index (κ2) is 5.10. The van der Waals surface area contributed by atoms with Gasteiger partial charge in [0.15, 0.2) is 6.61 Å². The summed E-state index contributed by atoms with van der Waals surface area (Å²) in [5.41, 5.74) is 1.93. The Kier molecular flexibility index (Phi) is 4.16. The van der Waals surface area contributed by atoms with Crippen LogP contribution >= 0.6 is 12.4 Å². The number of rotatable bonds is 1. The van der Waals surface area contributed by atoms with Crippen LogP contribution in [0, 0.1) is 13.8 Å². The van der Waals surface area contributed by atoms with Gasteiger partial charge in [-0.2, -0.15) is 0 Å². The molecule has 0 aromatic heterocycles. The minimum absolute atomic E-state index is 0. The molecule has 0 aliphatic carbocycles. The van der Waals surface area contributed by atoms with Crippen LogP contribution in [0.25, 0.3) is 0 Å². The Morgan fingerprint density at radius 2 is 1.89 bits per heavy atom. The highest BCUT2D eigenvalue weighted by molar-refractivity contribution is 5.85. The van der Waals surface area contributed by atoms with Gasteiger partial charge in [0, 0.05) is 0 Å². The van der Waals surface area contributed by atoms with E-state index < -0.39 is 24.7 Å². The highest BCUT2D eigenvalue weighted by Gasteiger charge is 2.47. The second-order valence-corrected chi connectivity index (χ2v) is 4.22. The molecule has 6 heteroatoms. The molecular weight excluding hydrogens is 264 g/mol. The Morgan fingerprint density at radius 1 is 1.33 bits per heavy atom. The molecule has 1 heterocycles. The first-order valence-electron chi connectivity index (χ1n) is 5.29. The fraction of sp³-hybridized carbons (Fsp3) is 0.417. The number of alkyl carbamates (subject to hydrolysis) is 1. The predicted octanol–water partition coefficient (Wildman–Crippen LogP) is 3.14. The molecule has 1 aliphatic heterocycles. The molecule has 0 spiro atoms. The number of amides is 1. The van der Waals surface area contributed by atoms with Crippen molar-refractivity contribution in [3.8, 4) is 0 Å². The van der Waals surface area contributed by atoms with E-state index >= 15 is 0 Å². The molecule has 1 amide bonds. The van der Waals surface area contributed by atoms with Crippen LogP contribution in [0.4, 0.5) is 13.6 Å². The number of nitrogens with one attached hydrogen (secondary N) is 1. The second-order valence-electron chi connectivity index (χ2n) is 4.22. The summed E-state index contributed by atoms with van der Waals surface area (Å²) in [6, 6.07) is 3.98. The van der Waals surface area contributed by atoms with Gasteiger partial charge in [0.05, 0.1) is 0 Å². The van der Waals surface area contributed by atoms with Crippen LogP contribution in [0.5, 0.6) is 0 Å². The summed E-state index contributed by atoms with van der Waals surface area (Å²) < 4.78 is 31.8. The average Bonchev–Trinajstić information content (AvgIpc) is 2.23. The molecule has 0 unspecified atom stereocenters. The number of ether oxygens (including phenoxy) is 1. The SMILES string of the molecule is Cc1cccc(C)c1[C@@H]1NC(=O)OCC1(F)F.Cl. The summed E-state index contributed by atoms with van der Waals surface area (Å²) >= 11 is 0. The zero-order chi connectivity index (χ0) is 12.6. The van der Waals surface area contributed by atoms with Crippen LogP contribution < -0.4 is 5.32 Å². The molecule has 1 aromatic carbocycles. The number of carbonyl (C=O) groups excluding carboxylic acids is 1. The Labute approximate surface area is 110 Å². The summed E-state index contributed by atoms with van der Waals surface area (Å²) in [6.45, 7) is 2.62. The van der Waals surface area contributed by atoms with Crippen molar-refractivity contribution in [1.29, 1.82) is 0 Å². The molecule has 0 saturated carbocycles. The number of alkyl halides is 2. The smallest absolute Gasteiger partial charge is 0.408 e. The van der Waals surface area contributed by atoms with Gasteiger partial charge in [0.1, 0.15) is 6.04 Å². The van der Waals surface area contributed by atoms with Crippen molar-refractivity contribution in [2.45, 2.75) is 25.8 Å². The van der Waals surface area contributed by atoms with E-state index in [1.807, 2.05) is 0 Å². The lowest BCUT2D eigenvalue weighted by Crippen LogP contribution is -2.50. The summed E-state index contributed by atoms with van der Waals surface area (Å²) in [7, 11) is 0. The van der Waals surface area contributed by atoms with Gasteiger partial charge in [-0.15, -0.1) is 12.4 Å². The fourth-order valence-corrected chi connectivity index (χ4v) is 2.08. The molecule has 1 fully saturated rings. The molecule has 100 valence electrons. The third-order valence-electron chi connectivity index (χ3n) is 2.91. The van der Waals surface area contributed by atoms with E-state index in [4.69, 9.17) is 0 Å². The quantitative estimate of drug-likeness (QED) is 0.856. The number of hydrogen-bond acceptors (Lipinski definition) is 2. The molecule has 18 heavy (non-hydrogen) atoms. The van der Waals surface area contributed by atoms with Gasteiger partial charge in [-0.25, -0.2) is 13.6 Å². The van der Waals surface area contributed by atoms with Crippen molar-refractivity contribution < 1.29 is 18.3 Å². The molecule has 1 atom stereocenters. The van der Waals surface area contributed by atoms with Crippen LogP contribution in [0.2, 0.25) is 0 Å². The van der Waals surface area contributed by atoms with Crippen molar-refractivity contribution in [3.05, 3.63) is 34.9 Å². The molecule has 2 rings (SSSR count). The molecular formula is C12H14ClF2NO2. The standard InChI is InChI=1S/C12H13F2NO2.ClH/c1-7-4-3-5-8(2)9(7)10-12(13,14)6-17-11(16)15-10;/h3-5,10H,6H2,1-2H3,(H,15,16);1H/t10-;/m0./s1. The molecule has 3 nitrogen and oxygen atoms in total. The lowest BCUT2D eigenvalue weighted by molar-refractivity contribution is -0.104. The Balaban J connectivity index is 0.00000162. The first kappa shape index (κ1) is 14.7. The van der Waals surface area contributed by atoms with Gasteiger partial charge in [0.2, 0.25) is 0 Å². The van der Waals surface area contributed by atoms with E-state index in [0.717, 1.165) is 11.1 Å². The van der Waals surface area contributed by atoms with Crippen LogP contribution in [-0.4, -0.2) is 18.6 Å². The first-order chi connectivity index (χ1) is 7.92. The number of halogens is 3. The predicted molar refractivity (Wildman–Crippen MR) is 65.3 cm³/mol. The molecule has 1 N–H and O–H groups in total. The van der Waals surface area contributed by atoms with E-state index in [0.29, 0.717) is 5.56 Å². The Morgan fingerprint density at radius 3 is 2.44 bits per heavy atom. The van der Waals surface area contributed by atoms with E-state index in [-0.39, 0.29) is 12.4 Å². The summed E-state index contributed by atoms with van der Waals surface area (Å²) in [4.78, 5) is 11.1. The van der Waals surface area contributed by atoms with Crippen LogP contribution in [0.3, 0.4) is 0 Å². The van der Waals surface area contributed by atoms with Crippen LogP contribution in [0.15, 0.2) is 18.2 Å². The first-order valence-corrected chi connectivity index (χ1v) is 5.29. The highest BCUT2D eigenvalue weighted by atomic mass is 35.5. The number of hydrogen-bond donors (Lipinski definition) is 1. The van der Waals surface area contributed by atoms with Gasteiger partial charge in [0.25, 0.3) is 0 Å². The molecule has 0 bridgehead atoms. The minimum Gasteiger partial charge on any atom is -0.443 e. The maximum absolute atomic E-state index is 13.7. The largest absolute Gasteiger partial charge is 0.443 e. The topological polar surface area (TPSA) is 38.3 Å². The van der Waals surface area contributed by atoms with Crippen molar-refractivity contribution in [2.24, 2.45) is 0 Å². The summed E-state index contributed by atoms with van der Waals surface area (Å²) in [5.74, 6) is -3.09. The molecule has 0 radical (unpaired) electrons. The molecule has 1 aromatic rings. The number of carbonyl (C=O) groups is 1. The summed E-state index contributed by atoms with van der Waals surface area (Å²) in [5, 5.41) is 2.19. The Hall–Kier alpha value is -1.36. The monoisotopic (exact) mass is 277 g/mol. The van der Waals surface area contributed by atoms with Crippen molar-refractivity contribution in [3.63, 3.8) is 0 Å². The number of cyclic esters (lactones) is 1. The third-order valence-corrected chi connectivity index (χ3v) is 2.91. The van der Waals surface area contributed by atoms with E-state index in [1.165, 1.54) is 0 Å². The lowest BCUT2D eigenvalue weighted by atomic mass is 9.92. The maximum Gasteiger partial charge on any atom is 0.408 e. The van der Waals surface area contributed by atoms with Crippen LogP contribution in [-0.2, 0) is 4.74 Å². The van der Waals surface area contributed by atoms with Gasteiger partial charge in [-0.05, 0) is 30.5 Å². The number of benzene rings is 1. The van der Waals surface area contributed by atoms with Crippen LogP contribution in [0.1, 0.15) is 22.7 Å². The van der Waals surface area contributed by atoms with Gasteiger partial charge in [-0.1, -0.05) is 18.2 Å². The van der Waals surface area contributed by atoms with Gasteiger partial charge >= 0.3 is 12.0 Å². The zero-order valence-electron chi connectivity index (χ0n) is 10.00. The maximum atomic E-state index is 13.7. The number of aryl methyl sites for hydroxylation is 2. The molecule has 1 aliphatic rings. The Bertz CT molecular complexity index is 445. The van der Waals surface area contributed by atoms with Crippen molar-refractivity contribution in [1.82, 2.24) is 5.32 Å². The summed E-state index contributed by atoms with van der Waals surface area (Å²) in [6.07, 6.45) is -0.802. The lowest BCUT2D eigenvalue weighted by Gasteiger charge is -2.33. The zero-order valence-corrected chi connectivity index (χ0v) is 10.8. The third kappa shape index (κ3) is 2.56. The highest BCUT2D eigenvalue weighted by Crippen LogP contribution is 2.37. The van der Waals surface area contributed by atoms with Gasteiger partial charge < -0.3 is 10.1 Å². The molecule has 1 saturated heterocycles. The van der Waals surface area contributed by atoms with E-state index in [1.54, 1.807) is 32.0 Å². The van der Waals surface area contributed by atoms with E-state index in [9.17, 15) is 13.6 Å². The normalized spacial score (nSPS) is 21.6.